The number of carbonyl (C=O) groups excluding carboxylic acids is 1. The quantitative estimate of drug-likeness (QED) is 0.659. The second-order valence-corrected chi connectivity index (χ2v) is 7.05. The van der Waals surface area contributed by atoms with Gasteiger partial charge in [0, 0.05) is 23.3 Å². The van der Waals surface area contributed by atoms with E-state index in [0.717, 1.165) is 11.1 Å². The van der Waals surface area contributed by atoms with Gasteiger partial charge in [-0.15, -0.1) is 10.2 Å². The van der Waals surface area contributed by atoms with E-state index < -0.39 is 0 Å². The zero-order chi connectivity index (χ0) is 18.7. The molecular formula is C18H16ClFN4OS. The van der Waals surface area contributed by atoms with Crippen LogP contribution in [0.25, 0.3) is 11.4 Å². The van der Waals surface area contributed by atoms with Gasteiger partial charge in [-0.05, 0) is 48.9 Å². The number of aromatic nitrogens is 3. The third-order valence-corrected chi connectivity index (χ3v) is 5.00. The third-order valence-electron chi connectivity index (χ3n) is 3.74. The topological polar surface area (TPSA) is 59.8 Å². The monoisotopic (exact) mass is 390 g/mol. The molecule has 0 fully saturated rings. The molecule has 2 aromatic carbocycles. The molecule has 0 aliphatic rings. The minimum atomic E-state index is -0.307. The summed E-state index contributed by atoms with van der Waals surface area (Å²) in [6.07, 6.45) is 0. The zero-order valence-electron chi connectivity index (χ0n) is 14.2. The van der Waals surface area contributed by atoms with Gasteiger partial charge in [0.25, 0.3) is 0 Å². The molecule has 0 spiro atoms. The SMILES string of the molecule is Cc1ccc(Cl)cc1NC(=O)CSc1nnc(-c2ccc(F)cc2)n1C. The molecule has 1 amide bonds. The first-order chi connectivity index (χ1) is 12.4. The van der Waals surface area contributed by atoms with Crippen molar-refractivity contribution < 1.29 is 9.18 Å². The van der Waals surface area contributed by atoms with Gasteiger partial charge < -0.3 is 9.88 Å². The minimum absolute atomic E-state index is 0.160. The zero-order valence-corrected chi connectivity index (χ0v) is 15.7. The number of hydrogen-bond donors (Lipinski definition) is 1. The van der Waals surface area contributed by atoms with Crippen LogP contribution < -0.4 is 5.32 Å². The number of hydrogen-bond acceptors (Lipinski definition) is 4. The molecule has 134 valence electrons. The lowest BCUT2D eigenvalue weighted by molar-refractivity contribution is -0.113. The molecule has 0 radical (unpaired) electrons. The van der Waals surface area contributed by atoms with E-state index in [9.17, 15) is 9.18 Å². The van der Waals surface area contributed by atoms with Gasteiger partial charge in [-0.2, -0.15) is 0 Å². The van der Waals surface area contributed by atoms with Gasteiger partial charge >= 0.3 is 0 Å². The van der Waals surface area contributed by atoms with Crippen LogP contribution in [0.5, 0.6) is 0 Å². The van der Waals surface area contributed by atoms with E-state index in [2.05, 4.69) is 15.5 Å². The van der Waals surface area contributed by atoms with Crippen LogP contribution in [0.15, 0.2) is 47.6 Å². The number of nitrogens with zero attached hydrogens (tertiary/aromatic N) is 3. The smallest absolute Gasteiger partial charge is 0.234 e. The van der Waals surface area contributed by atoms with Crippen LogP contribution in [0.1, 0.15) is 5.56 Å². The second kappa shape index (κ2) is 7.88. The minimum Gasteiger partial charge on any atom is -0.325 e. The maximum absolute atomic E-state index is 13.1. The molecule has 3 aromatic rings. The van der Waals surface area contributed by atoms with Gasteiger partial charge in [-0.25, -0.2) is 4.39 Å². The van der Waals surface area contributed by atoms with Gasteiger partial charge in [0.2, 0.25) is 5.91 Å². The van der Waals surface area contributed by atoms with Crippen LogP contribution in [0.2, 0.25) is 5.02 Å². The lowest BCUT2D eigenvalue weighted by Gasteiger charge is -2.08. The van der Waals surface area contributed by atoms with Crippen LogP contribution in [0.4, 0.5) is 10.1 Å². The average molecular weight is 391 g/mol. The Balaban J connectivity index is 1.65. The Morgan fingerprint density at radius 1 is 1.23 bits per heavy atom. The largest absolute Gasteiger partial charge is 0.325 e. The van der Waals surface area contributed by atoms with Crippen LogP contribution in [-0.4, -0.2) is 26.4 Å². The molecule has 0 saturated heterocycles. The fourth-order valence-corrected chi connectivity index (χ4v) is 3.22. The lowest BCUT2D eigenvalue weighted by atomic mass is 10.2. The highest BCUT2D eigenvalue weighted by Gasteiger charge is 2.13. The van der Waals surface area contributed by atoms with Crippen molar-refractivity contribution in [3.8, 4) is 11.4 Å². The van der Waals surface area contributed by atoms with Crippen molar-refractivity contribution in [2.45, 2.75) is 12.1 Å². The molecular weight excluding hydrogens is 375 g/mol. The summed E-state index contributed by atoms with van der Waals surface area (Å²) in [5.74, 6) is 0.324. The van der Waals surface area contributed by atoms with Gasteiger partial charge in [0.1, 0.15) is 5.82 Å². The van der Waals surface area contributed by atoms with Crippen LogP contribution in [0.3, 0.4) is 0 Å². The summed E-state index contributed by atoms with van der Waals surface area (Å²) in [4.78, 5) is 12.2. The predicted molar refractivity (Wildman–Crippen MR) is 102 cm³/mol. The first kappa shape index (κ1) is 18.4. The van der Waals surface area contributed by atoms with E-state index in [1.165, 1.54) is 23.9 Å². The van der Waals surface area contributed by atoms with Crippen molar-refractivity contribution >= 4 is 35.0 Å². The Hall–Kier alpha value is -2.38. The number of thioether (sulfide) groups is 1. The predicted octanol–water partition coefficient (Wildman–Crippen LogP) is 4.31. The molecule has 8 heteroatoms. The standard InChI is InChI=1S/C18H16ClFN4OS/c1-11-3-6-13(19)9-15(11)21-16(25)10-26-18-23-22-17(24(18)2)12-4-7-14(20)8-5-12/h3-9H,10H2,1-2H3,(H,21,25). The van der Waals surface area contributed by atoms with E-state index in [-0.39, 0.29) is 17.5 Å². The normalized spacial score (nSPS) is 10.8. The van der Waals surface area contributed by atoms with Gasteiger partial charge in [-0.3, -0.25) is 4.79 Å². The van der Waals surface area contributed by atoms with Crippen molar-refractivity contribution in [2.75, 3.05) is 11.1 Å². The summed E-state index contributed by atoms with van der Waals surface area (Å²) in [5, 5.41) is 12.2. The van der Waals surface area contributed by atoms with Gasteiger partial charge in [0.05, 0.1) is 5.75 Å². The maximum Gasteiger partial charge on any atom is 0.234 e. The Bertz CT molecular complexity index is 943. The summed E-state index contributed by atoms with van der Waals surface area (Å²) in [5.41, 5.74) is 2.38. The molecule has 3 rings (SSSR count). The van der Waals surface area contributed by atoms with Crippen LogP contribution in [-0.2, 0) is 11.8 Å². The van der Waals surface area contributed by atoms with E-state index in [1.807, 2.05) is 13.0 Å². The highest BCUT2D eigenvalue weighted by molar-refractivity contribution is 7.99. The number of anilines is 1. The first-order valence-electron chi connectivity index (χ1n) is 7.78. The Morgan fingerprint density at radius 2 is 1.96 bits per heavy atom. The molecule has 0 atom stereocenters. The lowest BCUT2D eigenvalue weighted by Crippen LogP contribution is -2.15. The fraction of sp³-hybridized carbons (Fsp3) is 0.167. The van der Waals surface area contributed by atoms with Crippen LogP contribution in [0, 0.1) is 12.7 Å². The molecule has 0 bridgehead atoms. The molecule has 1 heterocycles. The summed E-state index contributed by atoms with van der Waals surface area (Å²) in [6, 6.07) is 11.4. The van der Waals surface area contributed by atoms with Gasteiger partial charge in [-0.1, -0.05) is 29.4 Å². The highest BCUT2D eigenvalue weighted by Crippen LogP contribution is 2.24. The molecule has 5 nitrogen and oxygen atoms in total. The number of aryl methyl sites for hydroxylation is 1. The third kappa shape index (κ3) is 4.23. The summed E-state index contributed by atoms with van der Waals surface area (Å²) >= 11 is 7.24. The van der Waals surface area contributed by atoms with Crippen molar-refractivity contribution in [3.63, 3.8) is 0 Å². The summed E-state index contributed by atoms with van der Waals surface area (Å²) < 4.78 is 14.8. The molecule has 0 aliphatic heterocycles. The molecule has 1 N–H and O–H groups in total. The van der Waals surface area contributed by atoms with Crippen molar-refractivity contribution in [2.24, 2.45) is 7.05 Å². The number of amides is 1. The Kier molecular flexibility index (Phi) is 5.58. The molecule has 1 aromatic heterocycles. The van der Waals surface area contributed by atoms with Crippen LogP contribution >= 0.6 is 23.4 Å². The Morgan fingerprint density at radius 3 is 2.69 bits per heavy atom. The maximum atomic E-state index is 13.1. The van der Waals surface area contributed by atoms with E-state index in [1.54, 1.807) is 35.9 Å². The van der Waals surface area contributed by atoms with Gasteiger partial charge in [0.15, 0.2) is 11.0 Å². The fourth-order valence-electron chi connectivity index (χ4n) is 2.34. The van der Waals surface area contributed by atoms with E-state index in [0.29, 0.717) is 21.7 Å². The molecule has 26 heavy (non-hydrogen) atoms. The van der Waals surface area contributed by atoms with E-state index >= 15 is 0 Å². The number of carbonyl (C=O) groups is 1. The summed E-state index contributed by atoms with van der Waals surface area (Å²) in [7, 11) is 1.81. The van der Waals surface area contributed by atoms with E-state index in [4.69, 9.17) is 11.6 Å². The Labute approximate surface area is 159 Å². The molecule has 0 unspecified atom stereocenters. The number of nitrogens with one attached hydrogen (secondary N) is 1. The van der Waals surface area contributed by atoms with Crippen molar-refractivity contribution in [3.05, 3.63) is 58.9 Å². The highest BCUT2D eigenvalue weighted by atomic mass is 35.5. The van der Waals surface area contributed by atoms with Crippen molar-refractivity contribution in [1.82, 2.24) is 14.8 Å². The second-order valence-electron chi connectivity index (χ2n) is 5.67. The number of rotatable bonds is 5. The molecule has 0 aliphatic carbocycles. The number of benzene rings is 2. The first-order valence-corrected chi connectivity index (χ1v) is 9.14. The average Bonchev–Trinajstić information content (AvgIpc) is 2.98. The van der Waals surface area contributed by atoms with Crippen molar-refractivity contribution in [1.29, 1.82) is 0 Å². The number of halogens is 2. The summed E-state index contributed by atoms with van der Waals surface area (Å²) in [6.45, 7) is 1.90. The molecule has 0 saturated carbocycles.